The molecule has 0 aromatic carbocycles. The molecule has 1 N–H and O–H groups in total. The van der Waals surface area contributed by atoms with Crippen molar-refractivity contribution in [1.29, 1.82) is 0 Å². The van der Waals surface area contributed by atoms with Gasteiger partial charge in [0.1, 0.15) is 10.3 Å². The van der Waals surface area contributed by atoms with E-state index in [4.69, 9.17) is 0 Å². The van der Waals surface area contributed by atoms with Gasteiger partial charge in [0, 0.05) is 13.1 Å². The van der Waals surface area contributed by atoms with Crippen LogP contribution in [0, 0.1) is 5.92 Å². The first-order valence-electron chi connectivity index (χ1n) is 6.32. The number of halogens is 1. The van der Waals surface area contributed by atoms with Crippen LogP contribution in [-0.4, -0.2) is 42.0 Å². The molecule has 4 nitrogen and oxygen atoms in total. The minimum Gasteiger partial charge on any atom is -0.350 e. The summed E-state index contributed by atoms with van der Waals surface area (Å²) in [7, 11) is 0. The van der Waals surface area contributed by atoms with Gasteiger partial charge in [0.2, 0.25) is 0 Å². The predicted octanol–water partition coefficient (Wildman–Crippen LogP) is 1.92. The average molecular weight is 312 g/mol. The molecule has 5 heteroatoms. The lowest BCUT2D eigenvalue weighted by atomic mass is 10.1. The van der Waals surface area contributed by atoms with Gasteiger partial charge >= 0.3 is 0 Å². The molecule has 1 unspecified atom stereocenters. The molecule has 1 amide bonds. The van der Waals surface area contributed by atoms with Crippen molar-refractivity contribution in [3.63, 3.8) is 0 Å². The van der Waals surface area contributed by atoms with Crippen molar-refractivity contribution in [3.8, 4) is 0 Å². The van der Waals surface area contributed by atoms with E-state index >= 15 is 0 Å². The first-order valence-corrected chi connectivity index (χ1v) is 7.11. The Morgan fingerprint density at radius 2 is 2.44 bits per heavy atom. The molecule has 1 atom stereocenters. The van der Waals surface area contributed by atoms with Crippen molar-refractivity contribution >= 4 is 21.8 Å². The number of hydrogen-bond acceptors (Lipinski definition) is 3. The van der Waals surface area contributed by atoms with Crippen LogP contribution >= 0.6 is 15.9 Å². The maximum absolute atomic E-state index is 11.9. The van der Waals surface area contributed by atoms with Gasteiger partial charge in [-0.15, -0.1) is 0 Å². The topological polar surface area (TPSA) is 45.2 Å². The molecule has 0 radical (unpaired) electrons. The Balaban J connectivity index is 1.82. The molecule has 0 spiro atoms. The molecule has 1 aromatic rings. The molecule has 0 saturated carbocycles. The fourth-order valence-corrected chi connectivity index (χ4v) is 2.57. The number of likely N-dealkylation sites (tertiary alicyclic amines) is 1. The maximum Gasteiger partial charge on any atom is 0.269 e. The number of hydrogen-bond donors (Lipinski definition) is 1. The van der Waals surface area contributed by atoms with Gasteiger partial charge in [-0.3, -0.25) is 4.79 Å². The summed E-state index contributed by atoms with van der Waals surface area (Å²) in [5.74, 6) is 0.479. The highest BCUT2D eigenvalue weighted by Gasteiger charge is 2.21. The molecular weight excluding hydrogens is 294 g/mol. The second-order valence-corrected chi connectivity index (χ2v) is 5.42. The minimum absolute atomic E-state index is 0.0914. The molecule has 18 heavy (non-hydrogen) atoms. The number of pyridine rings is 1. The van der Waals surface area contributed by atoms with Crippen LogP contribution in [0.1, 0.15) is 23.8 Å². The summed E-state index contributed by atoms with van der Waals surface area (Å²) >= 11 is 3.27. The third-order valence-electron chi connectivity index (χ3n) is 3.32. The van der Waals surface area contributed by atoms with E-state index < -0.39 is 0 Å². The summed E-state index contributed by atoms with van der Waals surface area (Å²) in [4.78, 5) is 18.5. The van der Waals surface area contributed by atoms with Crippen molar-refractivity contribution in [2.45, 2.75) is 13.3 Å². The molecule has 1 saturated heterocycles. The van der Waals surface area contributed by atoms with Crippen LogP contribution in [0.3, 0.4) is 0 Å². The number of carbonyl (C=O) groups excluding carboxylic acids is 1. The number of aromatic nitrogens is 1. The van der Waals surface area contributed by atoms with Gasteiger partial charge in [-0.1, -0.05) is 13.0 Å². The van der Waals surface area contributed by atoms with Gasteiger partial charge in [0.25, 0.3) is 5.91 Å². The van der Waals surface area contributed by atoms with E-state index in [1.807, 2.05) is 12.1 Å². The summed E-state index contributed by atoms with van der Waals surface area (Å²) in [6, 6.07) is 5.36. The first-order chi connectivity index (χ1) is 8.69. The Labute approximate surface area is 116 Å². The Morgan fingerprint density at radius 3 is 3.11 bits per heavy atom. The Morgan fingerprint density at radius 1 is 1.61 bits per heavy atom. The summed E-state index contributed by atoms with van der Waals surface area (Å²) in [5.41, 5.74) is 0.467. The van der Waals surface area contributed by atoms with Crippen LogP contribution in [0.4, 0.5) is 0 Å². The lowest BCUT2D eigenvalue weighted by Gasteiger charge is -2.13. The Kier molecular flexibility index (Phi) is 4.72. The third-order valence-corrected chi connectivity index (χ3v) is 3.76. The summed E-state index contributed by atoms with van der Waals surface area (Å²) in [6.07, 6.45) is 1.17. The third kappa shape index (κ3) is 3.53. The summed E-state index contributed by atoms with van der Waals surface area (Å²) in [6.45, 7) is 6.24. The maximum atomic E-state index is 11.9. The van der Waals surface area contributed by atoms with E-state index in [0.29, 0.717) is 16.2 Å². The quantitative estimate of drug-likeness (QED) is 0.864. The zero-order chi connectivity index (χ0) is 13.0. The number of nitrogens with one attached hydrogen (secondary N) is 1. The van der Waals surface area contributed by atoms with E-state index in [2.05, 4.69) is 38.1 Å². The first kappa shape index (κ1) is 13.5. The van der Waals surface area contributed by atoms with E-state index in [1.165, 1.54) is 6.42 Å². The van der Waals surface area contributed by atoms with Gasteiger partial charge in [-0.2, -0.15) is 0 Å². The van der Waals surface area contributed by atoms with Crippen LogP contribution in [0.25, 0.3) is 0 Å². The van der Waals surface area contributed by atoms with Crippen molar-refractivity contribution < 1.29 is 4.79 Å². The van der Waals surface area contributed by atoms with Crippen molar-refractivity contribution in [2.75, 3.05) is 26.2 Å². The highest BCUT2D eigenvalue weighted by molar-refractivity contribution is 9.10. The fourth-order valence-electron chi connectivity index (χ4n) is 2.23. The van der Waals surface area contributed by atoms with Crippen molar-refractivity contribution in [1.82, 2.24) is 15.2 Å². The van der Waals surface area contributed by atoms with E-state index in [0.717, 1.165) is 26.2 Å². The van der Waals surface area contributed by atoms with Crippen LogP contribution in [0.15, 0.2) is 22.8 Å². The number of amides is 1. The molecule has 1 fully saturated rings. The monoisotopic (exact) mass is 311 g/mol. The fraction of sp³-hybridized carbons (Fsp3) is 0.538. The molecule has 1 aliphatic heterocycles. The Bertz CT molecular complexity index is 424. The molecule has 98 valence electrons. The Hall–Kier alpha value is -0.940. The highest BCUT2D eigenvalue weighted by atomic mass is 79.9. The molecule has 0 aliphatic carbocycles. The van der Waals surface area contributed by atoms with Crippen molar-refractivity contribution in [3.05, 3.63) is 28.5 Å². The normalized spacial score (nSPS) is 20.0. The molecule has 1 aromatic heterocycles. The number of nitrogens with zero attached hydrogens (tertiary/aromatic N) is 2. The van der Waals surface area contributed by atoms with Crippen LogP contribution in [-0.2, 0) is 0 Å². The average Bonchev–Trinajstić information content (AvgIpc) is 2.84. The molecular formula is C13H18BrN3O. The molecule has 2 rings (SSSR count). The smallest absolute Gasteiger partial charge is 0.269 e. The standard InChI is InChI=1S/C13H18BrN3O/c1-2-17-7-6-10(9-17)8-15-13(18)11-4-3-5-12(14)16-11/h3-5,10H,2,6-9H2,1H3,(H,15,18). The van der Waals surface area contributed by atoms with E-state index in [1.54, 1.807) is 6.07 Å². The lowest BCUT2D eigenvalue weighted by Crippen LogP contribution is -2.31. The second-order valence-electron chi connectivity index (χ2n) is 4.60. The molecule has 0 bridgehead atoms. The zero-order valence-electron chi connectivity index (χ0n) is 10.5. The number of carbonyl (C=O) groups is 1. The summed E-state index contributed by atoms with van der Waals surface area (Å²) < 4.78 is 0.688. The lowest BCUT2D eigenvalue weighted by molar-refractivity contribution is 0.0942. The number of rotatable bonds is 4. The van der Waals surface area contributed by atoms with Gasteiger partial charge < -0.3 is 10.2 Å². The summed E-state index contributed by atoms with van der Waals surface area (Å²) in [5, 5.41) is 2.96. The van der Waals surface area contributed by atoms with Gasteiger partial charge in [0.05, 0.1) is 0 Å². The van der Waals surface area contributed by atoms with Crippen LogP contribution < -0.4 is 5.32 Å². The largest absolute Gasteiger partial charge is 0.350 e. The van der Waals surface area contributed by atoms with Crippen LogP contribution in [0.5, 0.6) is 0 Å². The van der Waals surface area contributed by atoms with Crippen LogP contribution in [0.2, 0.25) is 0 Å². The van der Waals surface area contributed by atoms with Gasteiger partial charge in [-0.25, -0.2) is 4.98 Å². The molecule has 1 aliphatic rings. The predicted molar refractivity (Wildman–Crippen MR) is 74.5 cm³/mol. The second kappa shape index (κ2) is 6.29. The van der Waals surface area contributed by atoms with Gasteiger partial charge in [0.15, 0.2) is 0 Å². The van der Waals surface area contributed by atoms with Gasteiger partial charge in [-0.05, 0) is 53.5 Å². The zero-order valence-corrected chi connectivity index (χ0v) is 12.1. The minimum atomic E-state index is -0.0914. The van der Waals surface area contributed by atoms with Crippen molar-refractivity contribution in [2.24, 2.45) is 5.92 Å². The SMILES string of the molecule is CCN1CCC(CNC(=O)c2cccc(Br)n2)C1. The van der Waals surface area contributed by atoms with E-state index in [-0.39, 0.29) is 5.91 Å². The van der Waals surface area contributed by atoms with E-state index in [9.17, 15) is 4.79 Å². The highest BCUT2D eigenvalue weighted by Crippen LogP contribution is 2.14. The molecule has 2 heterocycles.